The molecule has 1 aliphatic heterocycles. The highest BCUT2D eigenvalue weighted by molar-refractivity contribution is 5.39. The first-order valence-electron chi connectivity index (χ1n) is 7.51. The number of epoxide rings is 1. The predicted molar refractivity (Wildman–Crippen MR) is 83.1 cm³/mol. The zero-order valence-electron chi connectivity index (χ0n) is 12.7. The molecule has 0 bridgehead atoms. The molecule has 0 aliphatic carbocycles. The highest BCUT2D eigenvalue weighted by Crippen LogP contribution is 2.58. The van der Waals surface area contributed by atoms with E-state index in [1.165, 1.54) is 18.5 Å². The fourth-order valence-corrected chi connectivity index (χ4v) is 3.11. The first-order valence-corrected chi connectivity index (χ1v) is 7.51. The number of ether oxygens (including phenoxy) is 1. The molecule has 23 heavy (non-hydrogen) atoms. The smallest absolute Gasteiger partial charge is 0.144 e. The van der Waals surface area contributed by atoms with E-state index in [1.54, 1.807) is 17.1 Å². The van der Waals surface area contributed by atoms with Crippen LogP contribution in [0.2, 0.25) is 0 Å². The molecule has 2 heterocycles. The Kier molecular flexibility index (Phi) is 3.23. The van der Waals surface area contributed by atoms with E-state index in [-0.39, 0.29) is 11.9 Å². The number of hydrogen-bond donors (Lipinski definition) is 0. The molecule has 5 heteroatoms. The molecule has 116 valence electrons. The Morgan fingerprint density at radius 2 is 2.09 bits per heavy atom. The van der Waals surface area contributed by atoms with Gasteiger partial charge in [0.05, 0.1) is 6.54 Å². The average Bonchev–Trinajstić information content (AvgIpc) is 3.02. The average molecular weight is 309 g/mol. The summed E-state index contributed by atoms with van der Waals surface area (Å²) in [6.07, 6.45) is 3.02. The summed E-state index contributed by atoms with van der Waals surface area (Å²) in [5.41, 5.74) is 2.49. The van der Waals surface area contributed by atoms with Gasteiger partial charge in [0.1, 0.15) is 30.2 Å². The number of aryl methyl sites for hydroxylation is 1. The molecule has 0 amide bonds. The van der Waals surface area contributed by atoms with E-state index in [9.17, 15) is 4.39 Å². The molecule has 0 N–H and O–H groups in total. The number of hydrogen-bond acceptors (Lipinski definition) is 3. The third-order valence-corrected chi connectivity index (χ3v) is 4.34. The minimum absolute atomic E-state index is 0.116. The molecule has 2 atom stereocenters. The largest absolute Gasteiger partial charge is 0.354 e. The second kappa shape index (κ2) is 5.28. The Bertz CT molecular complexity index is 834. The van der Waals surface area contributed by atoms with E-state index in [2.05, 4.69) is 29.1 Å². The standard InChI is InChI=1S/C18H16FN3O/c1-13-5-2-3-8-16(13)17-18(23-17,10-22-12-20-11-21-22)14-6-4-7-15(19)9-14/h2-9,11-12,17H,10H2,1H3. The van der Waals surface area contributed by atoms with Gasteiger partial charge in [-0.15, -0.1) is 0 Å². The maximum absolute atomic E-state index is 13.7. The summed E-state index contributed by atoms with van der Waals surface area (Å²) in [7, 11) is 0. The van der Waals surface area contributed by atoms with E-state index in [1.807, 2.05) is 18.2 Å². The third-order valence-electron chi connectivity index (χ3n) is 4.34. The summed E-state index contributed by atoms with van der Waals surface area (Å²) >= 11 is 0. The zero-order chi connectivity index (χ0) is 15.9. The second-order valence-electron chi connectivity index (χ2n) is 5.85. The quantitative estimate of drug-likeness (QED) is 0.694. The van der Waals surface area contributed by atoms with Gasteiger partial charge in [-0.1, -0.05) is 36.4 Å². The van der Waals surface area contributed by atoms with Crippen molar-refractivity contribution in [3.05, 3.63) is 83.7 Å². The Balaban J connectivity index is 1.76. The summed E-state index contributed by atoms with van der Waals surface area (Å²) in [5.74, 6) is -0.264. The van der Waals surface area contributed by atoms with Crippen molar-refractivity contribution >= 4 is 0 Å². The van der Waals surface area contributed by atoms with Crippen LogP contribution in [0.3, 0.4) is 0 Å². The lowest BCUT2D eigenvalue weighted by molar-refractivity contribution is 0.262. The molecule has 2 aromatic carbocycles. The number of aromatic nitrogens is 3. The minimum atomic E-state index is -0.609. The van der Waals surface area contributed by atoms with Crippen molar-refractivity contribution in [2.75, 3.05) is 0 Å². The van der Waals surface area contributed by atoms with Crippen molar-refractivity contribution in [3.63, 3.8) is 0 Å². The molecule has 4 nitrogen and oxygen atoms in total. The van der Waals surface area contributed by atoms with Crippen molar-refractivity contribution in [2.24, 2.45) is 0 Å². The van der Waals surface area contributed by atoms with Crippen molar-refractivity contribution in [2.45, 2.75) is 25.2 Å². The molecule has 1 saturated heterocycles. The van der Waals surface area contributed by atoms with E-state index < -0.39 is 5.60 Å². The predicted octanol–water partition coefficient (Wildman–Crippen LogP) is 3.39. The lowest BCUT2D eigenvalue weighted by atomic mass is 9.90. The molecule has 4 rings (SSSR count). The molecule has 1 aromatic heterocycles. The van der Waals surface area contributed by atoms with Crippen molar-refractivity contribution in [1.29, 1.82) is 0 Å². The Morgan fingerprint density at radius 3 is 2.83 bits per heavy atom. The number of rotatable bonds is 4. The molecule has 0 radical (unpaired) electrons. The summed E-state index contributed by atoms with van der Waals surface area (Å²) in [6.45, 7) is 2.55. The summed E-state index contributed by atoms with van der Waals surface area (Å²) in [4.78, 5) is 3.98. The van der Waals surface area contributed by atoms with E-state index in [4.69, 9.17) is 4.74 Å². The first kappa shape index (κ1) is 14.1. The summed E-state index contributed by atoms with van der Waals surface area (Å²) in [5, 5.41) is 4.17. The van der Waals surface area contributed by atoms with Gasteiger partial charge in [-0.05, 0) is 35.7 Å². The van der Waals surface area contributed by atoms with Gasteiger partial charge in [-0.25, -0.2) is 14.1 Å². The molecule has 2 unspecified atom stereocenters. The van der Waals surface area contributed by atoms with Gasteiger partial charge in [0.15, 0.2) is 0 Å². The minimum Gasteiger partial charge on any atom is -0.354 e. The highest BCUT2D eigenvalue weighted by atomic mass is 19.1. The van der Waals surface area contributed by atoms with Crippen LogP contribution in [0.1, 0.15) is 22.8 Å². The van der Waals surface area contributed by atoms with E-state index in [0.717, 1.165) is 16.7 Å². The van der Waals surface area contributed by atoms with Gasteiger partial charge < -0.3 is 4.74 Å². The number of halogens is 1. The molecular weight excluding hydrogens is 293 g/mol. The Labute approximate surface area is 133 Å². The summed E-state index contributed by atoms with van der Waals surface area (Å²) < 4.78 is 21.6. The fraction of sp³-hybridized carbons (Fsp3) is 0.222. The van der Waals surface area contributed by atoms with Gasteiger partial charge in [0, 0.05) is 0 Å². The monoisotopic (exact) mass is 309 g/mol. The number of benzene rings is 2. The van der Waals surface area contributed by atoms with Crippen LogP contribution >= 0.6 is 0 Å². The summed E-state index contributed by atoms with van der Waals surface area (Å²) in [6, 6.07) is 14.7. The Hall–Kier alpha value is -2.53. The van der Waals surface area contributed by atoms with Gasteiger partial charge in [-0.2, -0.15) is 5.10 Å². The van der Waals surface area contributed by atoms with Crippen LogP contribution in [0.4, 0.5) is 4.39 Å². The van der Waals surface area contributed by atoms with Crippen LogP contribution in [0.25, 0.3) is 0 Å². The zero-order valence-corrected chi connectivity index (χ0v) is 12.7. The van der Waals surface area contributed by atoms with Gasteiger partial charge in [0.25, 0.3) is 0 Å². The topological polar surface area (TPSA) is 43.2 Å². The molecule has 0 saturated carbocycles. The van der Waals surface area contributed by atoms with Gasteiger partial charge in [0.2, 0.25) is 0 Å². The number of nitrogens with zero attached hydrogens (tertiary/aromatic N) is 3. The van der Waals surface area contributed by atoms with Crippen molar-refractivity contribution in [3.8, 4) is 0 Å². The maximum Gasteiger partial charge on any atom is 0.144 e. The van der Waals surface area contributed by atoms with Gasteiger partial charge >= 0.3 is 0 Å². The van der Waals surface area contributed by atoms with Crippen LogP contribution in [0.5, 0.6) is 0 Å². The first-order chi connectivity index (χ1) is 11.2. The second-order valence-corrected chi connectivity index (χ2v) is 5.85. The van der Waals surface area contributed by atoms with Gasteiger partial charge in [-0.3, -0.25) is 0 Å². The lowest BCUT2D eigenvalue weighted by Gasteiger charge is -2.14. The van der Waals surface area contributed by atoms with Crippen LogP contribution in [-0.2, 0) is 16.9 Å². The van der Waals surface area contributed by atoms with Crippen LogP contribution in [0.15, 0.2) is 61.2 Å². The van der Waals surface area contributed by atoms with Crippen LogP contribution < -0.4 is 0 Å². The molecular formula is C18H16FN3O. The third kappa shape index (κ3) is 2.43. The molecule has 3 aromatic rings. The van der Waals surface area contributed by atoms with Crippen LogP contribution in [-0.4, -0.2) is 14.8 Å². The van der Waals surface area contributed by atoms with Crippen molar-refractivity contribution < 1.29 is 9.13 Å². The normalized spacial score (nSPS) is 23.0. The lowest BCUT2D eigenvalue weighted by Crippen LogP contribution is -2.19. The van der Waals surface area contributed by atoms with E-state index >= 15 is 0 Å². The molecule has 1 aliphatic rings. The fourth-order valence-electron chi connectivity index (χ4n) is 3.11. The molecule has 0 spiro atoms. The maximum atomic E-state index is 13.7. The Morgan fingerprint density at radius 1 is 1.22 bits per heavy atom. The highest BCUT2D eigenvalue weighted by Gasteiger charge is 2.59. The van der Waals surface area contributed by atoms with Crippen molar-refractivity contribution in [1.82, 2.24) is 14.8 Å². The SMILES string of the molecule is Cc1ccccc1C1OC1(Cn1cncn1)c1cccc(F)c1. The molecule has 1 fully saturated rings. The van der Waals surface area contributed by atoms with Crippen LogP contribution in [0, 0.1) is 12.7 Å². The van der Waals surface area contributed by atoms with E-state index in [0.29, 0.717) is 6.54 Å².